The van der Waals surface area contributed by atoms with Crippen molar-refractivity contribution < 1.29 is 19.0 Å². The van der Waals surface area contributed by atoms with Crippen LogP contribution in [-0.4, -0.2) is 82.0 Å². The number of ether oxygens (including phenoxy) is 3. The Labute approximate surface area is 222 Å². The van der Waals surface area contributed by atoms with Gasteiger partial charge in [-0.15, -0.1) is 5.10 Å². The SMILES string of the molecule is CNCC1CN(c2nn(-c3cc4c(cc3OC)NCCO4)c3cc(-c4cnn5cccnc45)ncc23)C(=O)O1. The number of carbonyl (C=O) groups is 1. The first-order valence-corrected chi connectivity index (χ1v) is 12.5. The molecule has 0 bridgehead atoms. The van der Waals surface area contributed by atoms with Gasteiger partial charge in [-0.2, -0.15) is 5.10 Å². The Morgan fingerprint density at radius 2 is 2.15 bits per heavy atom. The molecule has 39 heavy (non-hydrogen) atoms. The van der Waals surface area contributed by atoms with Crippen LogP contribution in [0.5, 0.6) is 11.5 Å². The molecule has 1 atom stereocenters. The standard InChI is InChI=1S/C26H25N9O4/c1-27-11-15-14-33(26(36)39-15)25-17-12-30-18(16-13-31-34-6-3-4-29-24(16)34)8-20(17)35(32-25)21-10-22-19(9-23(21)37-2)28-5-7-38-22/h3-4,6,8-10,12-13,15,27-28H,5,7,11,14H2,1-2H3. The van der Waals surface area contributed by atoms with E-state index in [0.29, 0.717) is 66.0 Å². The van der Waals surface area contributed by atoms with Crippen LogP contribution in [0.2, 0.25) is 0 Å². The van der Waals surface area contributed by atoms with Crippen molar-refractivity contribution in [2.75, 3.05) is 50.6 Å². The largest absolute Gasteiger partial charge is 0.494 e. The summed E-state index contributed by atoms with van der Waals surface area (Å²) in [7, 11) is 3.43. The summed E-state index contributed by atoms with van der Waals surface area (Å²) in [5.74, 6) is 1.73. The van der Waals surface area contributed by atoms with Crippen LogP contribution in [0.4, 0.5) is 16.3 Å². The van der Waals surface area contributed by atoms with Gasteiger partial charge >= 0.3 is 6.09 Å². The summed E-state index contributed by atoms with van der Waals surface area (Å²) in [6.07, 6.45) is 6.25. The number of hydrogen-bond donors (Lipinski definition) is 2. The van der Waals surface area contributed by atoms with Crippen molar-refractivity contribution in [3.05, 3.63) is 49.1 Å². The lowest BCUT2D eigenvalue weighted by Crippen LogP contribution is -2.29. The molecule has 0 spiro atoms. The van der Waals surface area contributed by atoms with Gasteiger partial charge in [0.1, 0.15) is 29.9 Å². The first-order valence-electron chi connectivity index (χ1n) is 12.5. The fourth-order valence-electron chi connectivity index (χ4n) is 5.04. The molecule has 1 saturated heterocycles. The molecule has 0 saturated carbocycles. The fraction of sp³-hybridized carbons (Fsp3) is 0.269. The fourth-order valence-corrected chi connectivity index (χ4v) is 5.04. The summed E-state index contributed by atoms with van der Waals surface area (Å²) in [5.41, 5.74) is 4.33. The molecule has 198 valence electrons. The van der Waals surface area contributed by atoms with Crippen LogP contribution in [0.25, 0.3) is 33.5 Å². The number of nitrogens with one attached hydrogen (secondary N) is 2. The molecule has 13 heteroatoms. The Bertz CT molecular complexity index is 1730. The van der Waals surface area contributed by atoms with E-state index in [1.807, 2.05) is 37.5 Å². The van der Waals surface area contributed by atoms with Crippen molar-refractivity contribution in [3.8, 4) is 28.4 Å². The maximum Gasteiger partial charge on any atom is 0.416 e. The number of aromatic nitrogens is 6. The zero-order chi connectivity index (χ0) is 26.5. The Balaban J connectivity index is 1.44. The third-order valence-corrected chi connectivity index (χ3v) is 6.85. The molecule has 6 heterocycles. The Morgan fingerprint density at radius 1 is 1.23 bits per heavy atom. The zero-order valence-corrected chi connectivity index (χ0v) is 21.3. The number of cyclic esters (lactones) is 1. The molecule has 2 aliphatic rings. The van der Waals surface area contributed by atoms with Gasteiger partial charge in [0.05, 0.1) is 47.7 Å². The third-order valence-electron chi connectivity index (χ3n) is 6.85. The lowest BCUT2D eigenvalue weighted by molar-refractivity contribution is 0.141. The number of methoxy groups -OCH3 is 1. The van der Waals surface area contributed by atoms with Crippen LogP contribution in [0.15, 0.2) is 49.1 Å². The highest BCUT2D eigenvalue weighted by Crippen LogP contribution is 2.40. The molecule has 13 nitrogen and oxygen atoms in total. The molecular formula is C26H25N9O4. The minimum atomic E-state index is -0.456. The van der Waals surface area contributed by atoms with Crippen molar-refractivity contribution in [2.45, 2.75) is 6.10 Å². The topological polar surface area (TPSA) is 133 Å². The number of amides is 1. The van der Waals surface area contributed by atoms with Gasteiger partial charge < -0.3 is 24.8 Å². The van der Waals surface area contributed by atoms with E-state index in [2.05, 4.69) is 20.7 Å². The number of rotatable bonds is 6. The normalized spacial score (nSPS) is 16.7. The van der Waals surface area contributed by atoms with Crippen LogP contribution in [-0.2, 0) is 4.74 Å². The number of anilines is 2. The highest BCUT2D eigenvalue weighted by Gasteiger charge is 2.35. The van der Waals surface area contributed by atoms with Gasteiger partial charge in [-0.05, 0) is 19.2 Å². The molecule has 4 aromatic heterocycles. The number of likely N-dealkylation sites (N-methyl/N-ethyl adjacent to an activating group) is 1. The summed E-state index contributed by atoms with van der Waals surface area (Å²) in [5, 5.41) is 16.4. The molecule has 2 aliphatic heterocycles. The van der Waals surface area contributed by atoms with Gasteiger partial charge in [0, 0.05) is 43.8 Å². The summed E-state index contributed by atoms with van der Waals surface area (Å²) in [6, 6.07) is 7.51. The van der Waals surface area contributed by atoms with Crippen LogP contribution in [0.3, 0.4) is 0 Å². The van der Waals surface area contributed by atoms with Crippen LogP contribution in [0.1, 0.15) is 0 Å². The van der Waals surface area contributed by atoms with Crippen molar-refractivity contribution >= 4 is 34.1 Å². The van der Waals surface area contributed by atoms with E-state index in [4.69, 9.17) is 24.3 Å². The third kappa shape index (κ3) is 3.77. The Morgan fingerprint density at radius 3 is 3.03 bits per heavy atom. The van der Waals surface area contributed by atoms with Crippen molar-refractivity contribution in [3.63, 3.8) is 0 Å². The lowest BCUT2D eigenvalue weighted by Gasteiger charge is -2.21. The molecule has 0 radical (unpaired) electrons. The van der Waals surface area contributed by atoms with Gasteiger partial charge in [-0.25, -0.2) is 19.0 Å². The van der Waals surface area contributed by atoms with Crippen molar-refractivity contribution in [1.82, 2.24) is 34.7 Å². The van der Waals surface area contributed by atoms with Crippen molar-refractivity contribution in [1.29, 1.82) is 0 Å². The van der Waals surface area contributed by atoms with Crippen LogP contribution >= 0.6 is 0 Å². The average Bonchev–Trinajstić information content (AvgIpc) is 3.67. The summed E-state index contributed by atoms with van der Waals surface area (Å²) in [4.78, 5) is 23.6. The maximum atomic E-state index is 12.9. The predicted octanol–water partition coefficient (Wildman–Crippen LogP) is 2.49. The van der Waals surface area contributed by atoms with E-state index in [-0.39, 0.29) is 6.10 Å². The van der Waals surface area contributed by atoms with E-state index in [9.17, 15) is 4.79 Å². The molecule has 5 aromatic rings. The Hall–Kier alpha value is -4.91. The first kappa shape index (κ1) is 23.2. The number of benzene rings is 1. The van der Waals surface area contributed by atoms with E-state index < -0.39 is 6.09 Å². The quantitative estimate of drug-likeness (QED) is 0.339. The van der Waals surface area contributed by atoms with Gasteiger partial charge in [-0.1, -0.05) is 0 Å². The summed E-state index contributed by atoms with van der Waals surface area (Å²) >= 11 is 0. The number of pyridine rings is 1. The van der Waals surface area contributed by atoms with Gasteiger partial charge in [0.25, 0.3) is 0 Å². The molecule has 1 fully saturated rings. The van der Waals surface area contributed by atoms with Crippen LogP contribution < -0.4 is 25.0 Å². The van der Waals surface area contributed by atoms with E-state index >= 15 is 0 Å². The molecule has 2 N–H and O–H groups in total. The van der Waals surface area contributed by atoms with Gasteiger partial charge in [0.2, 0.25) is 0 Å². The van der Waals surface area contributed by atoms with Crippen LogP contribution in [0, 0.1) is 0 Å². The minimum absolute atomic E-state index is 0.294. The first-order chi connectivity index (χ1) is 19.1. The summed E-state index contributed by atoms with van der Waals surface area (Å²) in [6.45, 7) is 2.15. The second-order valence-corrected chi connectivity index (χ2v) is 9.24. The second-order valence-electron chi connectivity index (χ2n) is 9.24. The lowest BCUT2D eigenvalue weighted by atomic mass is 10.1. The smallest absolute Gasteiger partial charge is 0.416 e. The molecule has 0 aliphatic carbocycles. The van der Waals surface area contributed by atoms with E-state index in [1.165, 1.54) is 0 Å². The maximum absolute atomic E-state index is 12.9. The Kier molecular flexibility index (Phi) is 5.44. The minimum Gasteiger partial charge on any atom is -0.494 e. The molecule has 1 aromatic carbocycles. The van der Waals surface area contributed by atoms with E-state index in [0.717, 1.165) is 16.8 Å². The predicted molar refractivity (Wildman–Crippen MR) is 143 cm³/mol. The highest BCUT2D eigenvalue weighted by atomic mass is 16.6. The van der Waals surface area contributed by atoms with Gasteiger partial charge in [-0.3, -0.25) is 9.88 Å². The number of fused-ring (bicyclic) bond motifs is 3. The highest BCUT2D eigenvalue weighted by molar-refractivity contribution is 6.01. The zero-order valence-electron chi connectivity index (χ0n) is 21.3. The molecular weight excluding hydrogens is 502 g/mol. The number of hydrogen-bond acceptors (Lipinski definition) is 10. The van der Waals surface area contributed by atoms with E-state index in [1.54, 1.807) is 39.8 Å². The average molecular weight is 528 g/mol. The number of nitrogens with zero attached hydrogens (tertiary/aromatic N) is 7. The second kappa shape index (κ2) is 9.13. The molecule has 7 rings (SSSR count). The molecule has 1 amide bonds. The monoisotopic (exact) mass is 527 g/mol. The van der Waals surface area contributed by atoms with Crippen molar-refractivity contribution in [2.24, 2.45) is 0 Å². The summed E-state index contributed by atoms with van der Waals surface area (Å²) < 4.78 is 20.7. The number of carbonyl (C=O) groups excluding carboxylic acids is 1. The molecule has 1 unspecified atom stereocenters. The van der Waals surface area contributed by atoms with Gasteiger partial charge in [0.15, 0.2) is 11.5 Å².